The number of carboxylic acids is 1. The van der Waals surface area contributed by atoms with Gasteiger partial charge in [-0.25, -0.2) is 0 Å². The lowest BCUT2D eigenvalue weighted by atomic mass is 9.52. The molecule has 0 amide bonds. The maximum atomic E-state index is 12.9. The Hall–Kier alpha value is -0.850. The summed E-state index contributed by atoms with van der Waals surface area (Å²) >= 11 is 0. The first-order valence-corrected chi connectivity index (χ1v) is 13.5. The molecule has 0 aromatic carbocycles. The summed E-state index contributed by atoms with van der Waals surface area (Å²) in [5, 5.41) is 90.2. The first-order valence-electron chi connectivity index (χ1n) is 13.5. The molecular weight excluding hydrogens is 472 g/mol. The summed E-state index contributed by atoms with van der Waals surface area (Å²) in [5.74, 6) is -1.42. The number of rotatable bonds is 24. The highest BCUT2D eigenvalue weighted by Crippen LogP contribution is 2.56. The third kappa shape index (κ3) is 11.7. The lowest BCUT2D eigenvalue weighted by Crippen LogP contribution is -2.55. The van der Waals surface area contributed by atoms with Crippen LogP contribution in [0.3, 0.4) is 0 Å². The quantitative estimate of drug-likeness (QED) is 0.0818. The molecule has 0 bridgehead atoms. The number of hydrogen-bond donors (Lipinski definition) is 9. The molecule has 10 nitrogen and oxygen atoms in total. The van der Waals surface area contributed by atoms with Crippen molar-refractivity contribution in [1.29, 1.82) is 0 Å². The topological polar surface area (TPSA) is 199 Å². The molecule has 216 valence electrons. The van der Waals surface area contributed by atoms with E-state index in [1.165, 1.54) is 19.3 Å². The number of aliphatic hydroxyl groups excluding tert-OH is 8. The first kappa shape index (κ1) is 35.2. The fraction of sp³-hybridized carbons (Fsp3) is 0.962. The van der Waals surface area contributed by atoms with Crippen LogP contribution in [0.2, 0.25) is 0 Å². The molecule has 0 rings (SSSR count). The summed E-state index contributed by atoms with van der Waals surface area (Å²) in [6.45, 7) is -0.679. The van der Waals surface area contributed by atoms with E-state index in [0.29, 0.717) is 6.42 Å². The van der Waals surface area contributed by atoms with E-state index in [4.69, 9.17) is 0 Å². The van der Waals surface area contributed by atoms with Gasteiger partial charge in [0, 0.05) is 0 Å². The highest BCUT2D eigenvalue weighted by atomic mass is 16.4. The van der Waals surface area contributed by atoms with Gasteiger partial charge in [0.15, 0.2) is 0 Å². The molecule has 0 radical (unpaired) electrons. The molecular formula is C26H52O10. The molecule has 0 fully saturated rings. The van der Waals surface area contributed by atoms with Crippen LogP contribution in [-0.2, 0) is 4.79 Å². The second-order valence-electron chi connectivity index (χ2n) is 10.4. The Morgan fingerprint density at radius 2 is 0.917 bits per heavy atom. The van der Waals surface area contributed by atoms with E-state index in [1.807, 2.05) is 0 Å². The van der Waals surface area contributed by atoms with Crippen molar-refractivity contribution in [3.8, 4) is 0 Å². The van der Waals surface area contributed by atoms with Crippen molar-refractivity contribution in [3.63, 3.8) is 0 Å². The van der Waals surface area contributed by atoms with Crippen LogP contribution in [0.15, 0.2) is 0 Å². The van der Waals surface area contributed by atoms with Crippen molar-refractivity contribution in [2.24, 2.45) is 10.8 Å². The van der Waals surface area contributed by atoms with Gasteiger partial charge in [-0.15, -0.1) is 0 Å². The molecule has 0 saturated heterocycles. The highest BCUT2D eigenvalue weighted by molar-refractivity contribution is 5.76. The summed E-state index contributed by atoms with van der Waals surface area (Å²) in [5.41, 5.74) is -3.46. The van der Waals surface area contributed by atoms with Gasteiger partial charge in [0.25, 0.3) is 0 Å². The number of aliphatic hydroxyl groups is 8. The van der Waals surface area contributed by atoms with E-state index in [2.05, 4.69) is 6.92 Å². The van der Waals surface area contributed by atoms with Crippen molar-refractivity contribution >= 4 is 5.97 Å². The molecule has 0 aliphatic carbocycles. The Morgan fingerprint density at radius 3 is 1.25 bits per heavy atom. The fourth-order valence-electron chi connectivity index (χ4n) is 5.57. The smallest absolute Gasteiger partial charge is 0.310 e. The Morgan fingerprint density at radius 1 is 0.583 bits per heavy atom. The van der Waals surface area contributed by atoms with Crippen LogP contribution in [0.1, 0.15) is 96.8 Å². The molecule has 9 N–H and O–H groups in total. The molecule has 4 unspecified atom stereocenters. The van der Waals surface area contributed by atoms with Crippen LogP contribution in [0.5, 0.6) is 0 Å². The predicted molar refractivity (Wildman–Crippen MR) is 135 cm³/mol. The maximum absolute atomic E-state index is 12.9. The molecule has 0 aliphatic heterocycles. The van der Waals surface area contributed by atoms with E-state index < -0.39 is 80.5 Å². The average Bonchev–Trinajstić information content (AvgIpc) is 2.86. The van der Waals surface area contributed by atoms with Gasteiger partial charge in [0.2, 0.25) is 0 Å². The summed E-state index contributed by atoms with van der Waals surface area (Å²) in [6, 6.07) is 0. The van der Waals surface area contributed by atoms with Crippen LogP contribution >= 0.6 is 0 Å². The average molecular weight is 525 g/mol. The van der Waals surface area contributed by atoms with E-state index in [-0.39, 0.29) is 19.3 Å². The molecule has 0 aromatic heterocycles. The van der Waals surface area contributed by atoms with Gasteiger partial charge < -0.3 is 46.0 Å². The van der Waals surface area contributed by atoms with Gasteiger partial charge in [0.1, 0.15) is 0 Å². The largest absolute Gasteiger partial charge is 0.481 e. The number of hydrogen-bond acceptors (Lipinski definition) is 9. The third-order valence-corrected chi connectivity index (χ3v) is 7.45. The van der Waals surface area contributed by atoms with Gasteiger partial charge in [-0.1, -0.05) is 64.7 Å². The van der Waals surface area contributed by atoms with Crippen molar-refractivity contribution < 1.29 is 50.8 Å². The minimum atomic E-state index is -1.98. The zero-order valence-electron chi connectivity index (χ0n) is 22.0. The van der Waals surface area contributed by atoms with E-state index in [9.17, 15) is 50.8 Å². The Balaban J connectivity index is 6.16. The minimum absolute atomic E-state index is 0.166. The van der Waals surface area contributed by atoms with Crippen LogP contribution in [0, 0.1) is 10.8 Å². The van der Waals surface area contributed by atoms with E-state index in [1.54, 1.807) is 0 Å². The first-order chi connectivity index (χ1) is 17.1. The molecule has 0 aromatic rings. The van der Waals surface area contributed by atoms with Gasteiger partial charge in [-0.3, -0.25) is 4.79 Å². The van der Waals surface area contributed by atoms with Crippen LogP contribution < -0.4 is 0 Å². The van der Waals surface area contributed by atoms with Gasteiger partial charge in [-0.2, -0.15) is 0 Å². The van der Waals surface area contributed by atoms with E-state index in [0.717, 1.165) is 32.1 Å². The second-order valence-corrected chi connectivity index (χ2v) is 10.4. The fourth-order valence-corrected chi connectivity index (χ4v) is 5.57. The summed E-state index contributed by atoms with van der Waals surface area (Å²) < 4.78 is 0. The molecule has 10 heteroatoms. The predicted octanol–water partition coefficient (Wildman–Crippen LogP) is 0.938. The van der Waals surface area contributed by atoms with Gasteiger partial charge in [-0.05, 0) is 37.5 Å². The van der Waals surface area contributed by atoms with Gasteiger partial charge >= 0.3 is 5.97 Å². The lowest BCUT2D eigenvalue weighted by molar-refractivity contribution is -0.178. The SMILES string of the molecule is CCCCCCCCCCCC(CC(O)CO)(CC(O)CO)C(CC(O)CO)(CC(O)CO)C(=O)O. The number of carbonyl (C=O) groups is 1. The Kier molecular flexibility index (Phi) is 18.8. The summed E-state index contributed by atoms with van der Waals surface area (Å²) in [6.07, 6.45) is 1.94. The number of unbranched alkanes of at least 4 members (excludes halogenated alkanes) is 8. The molecule has 0 heterocycles. The van der Waals surface area contributed by atoms with Crippen LogP contribution in [-0.4, -0.2) is 103 Å². The summed E-state index contributed by atoms with van der Waals surface area (Å²) in [4.78, 5) is 12.9. The van der Waals surface area contributed by atoms with Crippen molar-refractivity contribution in [3.05, 3.63) is 0 Å². The monoisotopic (exact) mass is 524 g/mol. The third-order valence-electron chi connectivity index (χ3n) is 7.45. The maximum Gasteiger partial charge on any atom is 0.310 e. The number of carboxylic acid groups (broad SMARTS) is 1. The molecule has 4 atom stereocenters. The standard InChI is InChI=1S/C26H52O10/c1-2-3-4-5-6-7-8-9-10-11-25(12-20(31)16-27,13-21(32)17-28)26(24(35)36,14-22(33)18-29)15-23(34)19-30/h20-23,27-34H,2-19H2,1H3,(H,35,36). The second kappa shape index (κ2) is 19.3. The Labute approximate surface area is 215 Å². The van der Waals surface area contributed by atoms with Crippen molar-refractivity contribution in [1.82, 2.24) is 0 Å². The van der Waals surface area contributed by atoms with Crippen LogP contribution in [0.25, 0.3) is 0 Å². The highest BCUT2D eigenvalue weighted by Gasteiger charge is 2.58. The van der Waals surface area contributed by atoms with Crippen molar-refractivity contribution in [2.45, 2.75) is 121 Å². The molecule has 0 saturated carbocycles. The minimum Gasteiger partial charge on any atom is -0.481 e. The summed E-state index contributed by atoms with van der Waals surface area (Å²) in [7, 11) is 0. The van der Waals surface area contributed by atoms with E-state index >= 15 is 0 Å². The zero-order chi connectivity index (χ0) is 27.6. The normalized spacial score (nSPS) is 18.7. The van der Waals surface area contributed by atoms with Crippen LogP contribution in [0.4, 0.5) is 0 Å². The molecule has 0 aliphatic rings. The lowest BCUT2D eigenvalue weighted by Gasteiger charge is -2.51. The Bertz CT molecular complexity index is 535. The van der Waals surface area contributed by atoms with Crippen molar-refractivity contribution in [2.75, 3.05) is 26.4 Å². The van der Waals surface area contributed by atoms with Gasteiger partial charge in [0.05, 0.1) is 56.3 Å². The zero-order valence-corrected chi connectivity index (χ0v) is 22.0. The molecule has 36 heavy (non-hydrogen) atoms. The number of aliphatic carboxylic acids is 1. The molecule has 0 spiro atoms.